The first-order chi connectivity index (χ1) is 10.1. The molecule has 0 fully saturated rings. The molecule has 0 aliphatic rings. The van der Waals surface area contributed by atoms with Crippen LogP contribution in [-0.2, 0) is 6.42 Å². The number of benzene rings is 3. The summed E-state index contributed by atoms with van der Waals surface area (Å²) in [5.41, 5.74) is 1.20. The lowest BCUT2D eigenvalue weighted by Crippen LogP contribution is -2.03. The third-order valence-corrected chi connectivity index (χ3v) is 3.56. The molecule has 3 aromatic rings. The maximum atomic E-state index is 13.2. The third kappa shape index (κ3) is 2.93. The lowest BCUT2D eigenvalue weighted by Gasteiger charge is -2.13. The summed E-state index contributed by atoms with van der Waals surface area (Å²) in [6.45, 7) is 0. The van der Waals surface area contributed by atoms with E-state index in [-0.39, 0.29) is 5.56 Å². The molecule has 1 N–H and O–H groups in total. The van der Waals surface area contributed by atoms with Crippen LogP contribution < -0.4 is 0 Å². The molecule has 0 saturated heterocycles. The molecule has 0 aliphatic carbocycles. The van der Waals surface area contributed by atoms with E-state index in [1.807, 2.05) is 42.5 Å². The van der Waals surface area contributed by atoms with Gasteiger partial charge in [0.1, 0.15) is 11.6 Å². The highest BCUT2D eigenvalue weighted by Crippen LogP contribution is 2.25. The Bertz CT molecular complexity index is 758. The molecule has 0 aromatic heterocycles. The molecule has 0 bridgehead atoms. The van der Waals surface area contributed by atoms with Crippen molar-refractivity contribution in [2.75, 3.05) is 0 Å². The molecule has 0 radical (unpaired) electrons. The van der Waals surface area contributed by atoms with E-state index in [0.717, 1.165) is 22.4 Å². The van der Waals surface area contributed by atoms with Gasteiger partial charge in [0.05, 0.1) is 6.10 Å². The highest BCUT2D eigenvalue weighted by Gasteiger charge is 2.13. The first kappa shape index (κ1) is 13.7. The average molecular weight is 284 g/mol. The van der Waals surface area contributed by atoms with Crippen molar-refractivity contribution in [1.29, 1.82) is 0 Å². The molecule has 0 amide bonds. The highest BCUT2D eigenvalue weighted by molar-refractivity contribution is 5.85. The lowest BCUT2D eigenvalue weighted by molar-refractivity contribution is 0.178. The Morgan fingerprint density at radius 1 is 0.857 bits per heavy atom. The Kier molecular flexibility index (Phi) is 3.67. The van der Waals surface area contributed by atoms with Crippen LogP contribution in [0.1, 0.15) is 17.2 Å². The van der Waals surface area contributed by atoms with Gasteiger partial charge in [0.15, 0.2) is 0 Å². The van der Waals surface area contributed by atoms with E-state index in [0.29, 0.717) is 6.42 Å². The molecular formula is C18H14F2O. The average Bonchev–Trinajstić information content (AvgIpc) is 2.46. The zero-order valence-electron chi connectivity index (χ0n) is 11.3. The van der Waals surface area contributed by atoms with Crippen LogP contribution in [0.4, 0.5) is 8.78 Å². The second-order valence-electron chi connectivity index (χ2n) is 5.06. The molecule has 0 spiro atoms. The molecule has 106 valence electrons. The number of hydrogen-bond donors (Lipinski definition) is 1. The fourth-order valence-electron chi connectivity index (χ4n) is 2.56. The SMILES string of the molecule is OC(Cc1cccc2ccccc12)c1cc(F)cc(F)c1. The Morgan fingerprint density at radius 3 is 2.29 bits per heavy atom. The van der Waals surface area contributed by atoms with Crippen LogP contribution in [-0.4, -0.2) is 5.11 Å². The van der Waals surface area contributed by atoms with Crippen LogP contribution in [0.25, 0.3) is 10.8 Å². The van der Waals surface area contributed by atoms with Crippen molar-refractivity contribution in [1.82, 2.24) is 0 Å². The molecule has 0 aliphatic heterocycles. The maximum absolute atomic E-state index is 13.2. The normalized spacial score (nSPS) is 12.5. The quantitative estimate of drug-likeness (QED) is 0.756. The van der Waals surface area contributed by atoms with Gasteiger partial charge >= 0.3 is 0 Å². The van der Waals surface area contributed by atoms with E-state index < -0.39 is 17.7 Å². The monoisotopic (exact) mass is 284 g/mol. The molecule has 1 unspecified atom stereocenters. The number of hydrogen-bond acceptors (Lipinski definition) is 1. The van der Waals surface area contributed by atoms with Gasteiger partial charge in [-0.1, -0.05) is 42.5 Å². The summed E-state index contributed by atoms with van der Waals surface area (Å²) in [6.07, 6.45) is -0.634. The van der Waals surface area contributed by atoms with Gasteiger partial charge in [0, 0.05) is 12.5 Å². The summed E-state index contributed by atoms with van der Waals surface area (Å²) in [7, 11) is 0. The van der Waals surface area contributed by atoms with E-state index in [4.69, 9.17) is 0 Å². The van der Waals surface area contributed by atoms with Crippen molar-refractivity contribution < 1.29 is 13.9 Å². The number of halogens is 2. The van der Waals surface area contributed by atoms with Gasteiger partial charge in [-0.25, -0.2) is 8.78 Å². The van der Waals surface area contributed by atoms with Gasteiger partial charge in [-0.2, -0.15) is 0 Å². The molecule has 1 nitrogen and oxygen atoms in total. The van der Waals surface area contributed by atoms with Crippen LogP contribution >= 0.6 is 0 Å². The van der Waals surface area contributed by atoms with Crippen LogP contribution in [0.5, 0.6) is 0 Å². The van der Waals surface area contributed by atoms with Gasteiger partial charge in [-0.05, 0) is 34.0 Å². The smallest absolute Gasteiger partial charge is 0.126 e. The van der Waals surface area contributed by atoms with Crippen molar-refractivity contribution >= 4 is 10.8 Å². The molecule has 1 atom stereocenters. The molecule has 3 aromatic carbocycles. The van der Waals surface area contributed by atoms with Gasteiger partial charge in [-0.15, -0.1) is 0 Å². The maximum Gasteiger partial charge on any atom is 0.126 e. The minimum absolute atomic E-state index is 0.250. The molecule has 0 saturated carbocycles. The summed E-state index contributed by atoms with van der Waals surface area (Å²) in [4.78, 5) is 0. The van der Waals surface area contributed by atoms with Crippen LogP contribution in [0, 0.1) is 11.6 Å². The topological polar surface area (TPSA) is 20.2 Å². The number of aliphatic hydroxyl groups is 1. The van der Waals surface area contributed by atoms with E-state index in [1.54, 1.807) is 0 Å². The van der Waals surface area contributed by atoms with Gasteiger partial charge in [-0.3, -0.25) is 0 Å². The van der Waals surface area contributed by atoms with Crippen molar-refractivity contribution in [2.24, 2.45) is 0 Å². The summed E-state index contributed by atoms with van der Waals surface area (Å²) in [6, 6.07) is 16.8. The van der Waals surface area contributed by atoms with E-state index in [1.165, 1.54) is 12.1 Å². The van der Waals surface area contributed by atoms with E-state index in [2.05, 4.69) is 0 Å². The Morgan fingerprint density at radius 2 is 1.52 bits per heavy atom. The Labute approximate surface area is 121 Å². The summed E-state index contributed by atoms with van der Waals surface area (Å²) in [5.74, 6) is -1.36. The standard InChI is InChI=1S/C18H14F2O/c19-15-8-14(9-16(20)11-15)18(21)10-13-6-3-5-12-4-1-2-7-17(12)13/h1-9,11,18,21H,10H2. The number of aliphatic hydroxyl groups excluding tert-OH is 1. The summed E-state index contributed by atoms with van der Waals surface area (Å²) < 4.78 is 26.5. The second kappa shape index (κ2) is 5.62. The van der Waals surface area contributed by atoms with Gasteiger partial charge in [0.25, 0.3) is 0 Å². The summed E-state index contributed by atoms with van der Waals surface area (Å²) in [5, 5.41) is 12.4. The van der Waals surface area contributed by atoms with Crippen LogP contribution in [0.2, 0.25) is 0 Å². The highest BCUT2D eigenvalue weighted by atomic mass is 19.1. The predicted molar refractivity (Wildman–Crippen MR) is 79.0 cm³/mol. The third-order valence-electron chi connectivity index (χ3n) is 3.56. The van der Waals surface area contributed by atoms with Crippen LogP contribution in [0.3, 0.4) is 0 Å². The number of fused-ring (bicyclic) bond motifs is 1. The largest absolute Gasteiger partial charge is 0.388 e. The Hall–Kier alpha value is -2.26. The first-order valence-corrected chi connectivity index (χ1v) is 6.74. The Balaban J connectivity index is 1.94. The minimum atomic E-state index is -0.944. The fraction of sp³-hybridized carbons (Fsp3) is 0.111. The van der Waals surface area contributed by atoms with E-state index in [9.17, 15) is 13.9 Å². The molecule has 21 heavy (non-hydrogen) atoms. The first-order valence-electron chi connectivity index (χ1n) is 6.74. The van der Waals surface area contributed by atoms with Crippen molar-refractivity contribution in [3.8, 4) is 0 Å². The minimum Gasteiger partial charge on any atom is -0.388 e. The van der Waals surface area contributed by atoms with Gasteiger partial charge in [0.2, 0.25) is 0 Å². The van der Waals surface area contributed by atoms with Gasteiger partial charge < -0.3 is 5.11 Å². The predicted octanol–water partition coefficient (Wildman–Crippen LogP) is 4.39. The zero-order chi connectivity index (χ0) is 14.8. The lowest BCUT2D eigenvalue weighted by atomic mass is 9.96. The fourth-order valence-corrected chi connectivity index (χ4v) is 2.56. The summed E-state index contributed by atoms with van der Waals surface area (Å²) >= 11 is 0. The zero-order valence-corrected chi connectivity index (χ0v) is 11.3. The molecule has 0 heterocycles. The van der Waals surface area contributed by atoms with Crippen molar-refractivity contribution in [3.63, 3.8) is 0 Å². The van der Waals surface area contributed by atoms with E-state index >= 15 is 0 Å². The molecule has 3 heteroatoms. The number of rotatable bonds is 3. The molecular weight excluding hydrogens is 270 g/mol. The molecule has 3 rings (SSSR count). The van der Waals surface area contributed by atoms with Crippen LogP contribution in [0.15, 0.2) is 60.7 Å². The van der Waals surface area contributed by atoms with Crippen molar-refractivity contribution in [2.45, 2.75) is 12.5 Å². The van der Waals surface area contributed by atoms with Crippen molar-refractivity contribution in [3.05, 3.63) is 83.4 Å². The second-order valence-corrected chi connectivity index (χ2v) is 5.06.